The van der Waals surface area contributed by atoms with Crippen molar-refractivity contribution in [2.45, 2.75) is 25.8 Å². The molecule has 0 N–H and O–H groups in total. The van der Waals surface area contributed by atoms with Crippen LogP contribution in [0.3, 0.4) is 0 Å². The van der Waals surface area contributed by atoms with Gasteiger partial charge >= 0.3 is 0 Å². The van der Waals surface area contributed by atoms with Gasteiger partial charge in [0.25, 0.3) is 5.91 Å². The lowest BCUT2D eigenvalue weighted by molar-refractivity contribution is 0.0744. The van der Waals surface area contributed by atoms with E-state index >= 15 is 0 Å². The maximum Gasteiger partial charge on any atom is 0.289 e. The van der Waals surface area contributed by atoms with Crippen molar-refractivity contribution in [1.82, 2.24) is 4.90 Å². The quantitative estimate of drug-likeness (QED) is 0.643. The van der Waals surface area contributed by atoms with Gasteiger partial charge in [0.1, 0.15) is 23.1 Å². The van der Waals surface area contributed by atoms with Crippen molar-refractivity contribution in [3.63, 3.8) is 0 Å². The first kappa shape index (κ1) is 16.6. The summed E-state index contributed by atoms with van der Waals surface area (Å²) >= 11 is 0. The zero-order chi connectivity index (χ0) is 18.3. The van der Waals surface area contributed by atoms with Gasteiger partial charge in [-0.2, -0.15) is 0 Å². The van der Waals surface area contributed by atoms with Crippen molar-refractivity contribution in [3.8, 4) is 11.3 Å². The summed E-state index contributed by atoms with van der Waals surface area (Å²) in [6, 6.07) is 13.4. The molecule has 134 valence electrons. The fourth-order valence-corrected chi connectivity index (χ4v) is 3.15. The van der Waals surface area contributed by atoms with Crippen molar-refractivity contribution < 1.29 is 18.0 Å². The molecule has 1 amide bonds. The summed E-state index contributed by atoms with van der Waals surface area (Å²) in [5, 5.41) is 0. The molecule has 2 unspecified atom stereocenters. The maximum atomic E-state index is 13.9. The van der Waals surface area contributed by atoms with Crippen LogP contribution in [0.1, 0.15) is 41.3 Å². The molecule has 3 aromatic rings. The summed E-state index contributed by atoms with van der Waals surface area (Å²) < 4.78 is 25.3. The molecule has 0 spiro atoms. The highest BCUT2D eigenvalue weighted by Gasteiger charge is 2.36. The fraction of sp³-hybridized carbons (Fsp3) is 0.286. The Labute approximate surface area is 151 Å². The largest absolute Gasteiger partial charge is 0.464 e. The number of benzene rings is 1. The predicted molar refractivity (Wildman–Crippen MR) is 95.1 cm³/mol. The van der Waals surface area contributed by atoms with E-state index < -0.39 is 0 Å². The van der Waals surface area contributed by atoms with Gasteiger partial charge in [-0.25, -0.2) is 4.39 Å². The highest BCUT2D eigenvalue weighted by atomic mass is 19.1. The lowest BCUT2D eigenvalue weighted by Gasteiger charge is -2.14. The van der Waals surface area contributed by atoms with E-state index in [1.807, 2.05) is 12.1 Å². The molecule has 4 rings (SSSR count). The molecule has 4 nitrogen and oxygen atoms in total. The van der Waals surface area contributed by atoms with Crippen molar-refractivity contribution in [3.05, 3.63) is 71.6 Å². The zero-order valence-corrected chi connectivity index (χ0v) is 14.7. The first-order chi connectivity index (χ1) is 12.5. The minimum Gasteiger partial charge on any atom is -0.464 e. The van der Waals surface area contributed by atoms with E-state index in [-0.39, 0.29) is 17.5 Å². The van der Waals surface area contributed by atoms with Crippen LogP contribution in [-0.4, -0.2) is 17.9 Å². The minimum absolute atomic E-state index is 0.174. The van der Waals surface area contributed by atoms with Crippen LogP contribution in [0.25, 0.3) is 11.3 Å². The van der Waals surface area contributed by atoms with Crippen LogP contribution in [0.5, 0.6) is 0 Å². The average Bonchev–Trinajstić information content (AvgIpc) is 3.04. The number of hydrogen-bond donors (Lipinski definition) is 0. The second-order valence-electron chi connectivity index (χ2n) is 6.93. The second-order valence-corrected chi connectivity index (χ2v) is 6.93. The normalized spacial score (nSPS) is 18.7. The Morgan fingerprint density at radius 2 is 1.92 bits per heavy atom. The van der Waals surface area contributed by atoms with E-state index in [1.54, 1.807) is 37.4 Å². The summed E-state index contributed by atoms with van der Waals surface area (Å²) in [4.78, 5) is 14.1. The summed E-state index contributed by atoms with van der Waals surface area (Å²) in [7, 11) is 1.69. The summed E-state index contributed by atoms with van der Waals surface area (Å²) in [5.41, 5.74) is 0.337. The third-order valence-corrected chi connectivity index (χ3v) is 4.85. The standard InChI is InChI=1S/C21H20FNO3/c1-13-11-16(13)19-8-7-14(25-19)12-23(2)21(24)20-10-9-18(26-20)15-5-3-4-6-17(15)22/h3-10,13,16H,11-12H2,1-2H3. The molecule has 5 heteroatoms. The third-order valence-electron chi connectivity index (χ3n) is 4.85. The SMILES string of the molecule is CC1CC1c1ccc(CN(C)C(=O)c2ccc(-c3ccccc3F)o2)o1. The van der Waals surface area contributed by atoms with Gasteiger partial charge in [-0.15, -0.1) is 0 Å². The summed E-state index contributed by atoms with van der Waals surface area (Å²) in [5.74, 6) is 2.78. The molecular weight excluding hydrogens is 333 g/mol. The van der Waals surface area contributed by atoms with E-state index in [2.05, 4.69) is 6.92 Å². The number of carbonyl (C=O) groups excluding carboxylic acids is 1. The van der Waals surface area contributed by atoms with Gasteiger partial charge in [0.05, 0.1) is 12.1 Å². The Bertz CT molecular complexity index is 942. The Hall–Kier alpha value is -2.82. The van der Waals surface area contributed by atoms with Gasteiger partial charge in [0, 0.05) is 13.0 Å². The van der Waals surface area contributed by atoms with Gasteiger partial charge < -0.3 is 13.7 Å². The van der Waals surface area contributed by atoms with Gasteiger partial charge in [-0.3, -0.25) is 4.79 Å². The Morgan fingerprint density at radius 3 is 2.65 bits per heavy atom. The van der Waals surface area contributed by atoms with E-state index in [9.17, 15) is 9.18 Å². The molecule has 2 heterocycles. The molecule has 1 fully saturated rings. The second kappa shape index (κ2) is 6.48. The van der Waals surface area contributed by atoms with Crippen molar-refractivity contribution >= 4 is 5.91 Å². The van der Waals surface area contributed by atoms with Crippen LogP contribution in [0.4, 0.5) is 4.39 Å². The van der Waals surface area contributed by atoms with Gasteiger partial charge in [0.15, 0.2) is 5.76 Å². The number of rotatable bonds is 5. The van der Waals surface area contributed by atoms with Crippen molar-refractivity contribution in [2.24, 2.45) is 5.92 Å². The summed E-state index contributed by atoms with van der Waals surface area (Å²) in [6.45, 7) is 2.56. The highest BCUT2D eigenvalue weighted by Crippen LogP contribution is 2.47. The Kier molecular flexibility index (Phi) is 4.15. The molecule has 1 aromatic carbocycles. The molecule has 1 aliphatic carbocycles. The van der Waals surface area contributed by atoms with Crippen LogP contribution in [0, 0.1) is 11.7 Å². The van der Waals surface area contributed by atoms with Crippen LogP contribution >= 0.6 is 0 Å². The molecule has 0 radical (unpaired) electrons. The molecule has 2 aromatic heterocycles. The molecule has 26 heavy (non-hydrogen) atoms. The predicted octanol–water partition coefficient (Wildman–Crippen LogP) is 5.07. The first-order valence-electron chi connectivity index (χ1n) is 8.71. The number of hydrogen-bond acceptors (Lipinski definition) is 3. The van der Waals surface area contributed by atoms with E-state index in [0.29, 0.717) is 29.7 Å². The number of halogens is 1. The van der Waals surface area contributed by atoms with Gasteiger partial charge in [-0.05, 0) is 48.7 Å². The monoisotopic (exact) mass is 353 g/mol. The smallest absolute Gasteiger partial charge is 0.289 e. The number of furan rings is 2. The maximum absolute atomic E-state index is 13.9. The minimum atomic E-state index is -0.383. The lowest BCUT2D eigenvalue weighted by Crippen LogP contribution is -2.25. The van der Waals surface area contributed by atoms with E-state index in [0.717, 1.165) is 17.9 Å². The van der Waals surface area contributed by atoms with Crippen LogP contribution in [0.15, 0.2) is 57.4 Å². The van der Waals surface area contributed by atoms with Gasteiger partial charge in [0.2, 0.25) is 0 Å². The van der Waals surface area contributed by atoms with Crippen LogP contribution in [-0.2, 0) is 6.54 Å². The molecule has 0 bridgehead atoms. The highest BCUT2D eigenvalue weighted by molar-refractivity contribution is 5.91. The lowest BCUT2D eigenvalue weighted by atomic mass is 10.1. The first-order valence-corrected chi connectivity index (χ1v) is 8.71. The van der Waals surface area contributed by atoms with E-state index in [1.165, 1.54) is 11.0 Å². The topological polar surface area (TPSA) is 46.6 Å². The van der Waals surface area contributed by atoms with Crippen LogP contribution in [0.2, 0.25) is 0 Å². The van der Waals surface area contributed by atoms with Crippen molar-refractivity contribution in [2.75, 3.05) is 7.05 Å². The molecule has 2 atom stereocenters. The average molecular weight is 353 g/mol. The van der Waals surface area contributed by atoms with Crippen molar-refractivity contribution in [1.29, 1.82) is 0 Å². The van der Waals surface area contributed by atoms with Crippen LogP contribution < -0.4 is 0 Å². The molecule has 1 saturated carbocycles. The fourth-order valence-electron chi connectivity index (χ4n) is 3.15. The molecular formula is C21H20FNO3. The summed E-state index contributed by atoms with van der Waals surface area (Å²) in [6.07, 6.45) is 1.16. The van der Waals surface area contributed by atoms with Gasteiger partial charge in [-0.1, -0.05) is 19.1 Å². The molecule has 1 aliphatic rings. The zero-order valence-electron chi connectivity index (χ0n) is 14.7. The Morgan fingerprint density at radius 1 is 1.15 bits per heavy atom. The Balaban J connectivity index is 1.45. The number of nitrogens with zero attached hydrogens (tertiary/aromatic N) is 1. The number of amides is 1. The molecule has 0 aliphatic heterocycles. The van der Waals surface area contributed by atoms with E-state index in [4.69, 9.17) is 8.83 Å². The number of carbonyl (C=O) groups is 1. The third kappa shape index (κ3) is 3.17. The molecule has 0 saturated heterocycles.